The largest absolute Gasteiger partial charge is 0.490 e. The lowest BCUT2D eigenvalue weighted by atomic mass is 9.93. The van der Waals surface area contributed by atoms with Gasteiger partial charge >= 0.3 is 11.9 Å². The summed E-state index contributed by atoms with van der Waals surface area (Å²) in [6.45, 7) is 10.1. The second-order valence-corrected chi connectivity index (χ2v) is 12.7. The maximum Gasteiger partial charge on any atom is 0.338 e. The summed E-state index contributed by atoms with van der Waals surface area (Å²) in [4.78, 5) is 46.1. The van der Waals surface area contributed by atoms with Gasteiger partial charge in [0.1, 0.15) is 11.5 Å². The molecule has 51 heavy (non-hydrogen) atoms. The lowest BCUT2D eigenvalue weighted by Crippen LogP contribution is -2.40. The minimum Gasteiger partial charge on any atom is -0.490 e. The Morgan fingerprint density at radius 3 is 2.33 bits per heavy atom. The zero-order valence-electron chi connectivity index (χ0n) is 29.0. The highest BCUT2D eigenvalue weighted by atomic mass is 32.1. The summed E-state index contributed by atoms with van der Waals surface area (Å²) in [5.41, 5.74) is 2.69. The SMILES string of the molecule is CCOC(=O)C1=C(c2ccccc2)N=c2s/c(=C/c3ccc(-c4cccc(C(=O)OC(C)C)c4)o3)c(=O)n2[C@H]1c1ccc(OCC)c(OCC)c1. The van der Waals surface area contributed by atoms with Crippen molar-refractivity contribution in [1.29, 1.82) is 0 Å². The Balaban J connectivity index is 1.51. The van der Waals surface area contributed by atoms with Crippen molar-refractivity contribution in [3.8, 4) is 22.8 Å². The van der Waals surface area contributed by atoms with Gasteiger partial charge in [0.05, 0.1) is 53.3 Å². The normalized spacial score (nSPS) is 14.2. The number of thiazole rings is 1. The van der Waals surface area contributed by atoms with E-state index in [2.05, 4.69) is 0 Å². The summed E-state index contributed by atoms with van der Waals surface area (Å²) in [6, 6.07) is 24.4. The Bertz CT molecular complexity index is 2280. The smallest absolute Gasteiger partial charge is 0.338 e. The lowest BCUT2D eigenvalue weighted by Gasteiger charge is -2.26. The number of benzene rings is 3. The van der Waals surface area contributed by atoms with Gasteiger partial charge in [0.25, 0.3) is 5.56 Å². The van der Waals surface area contributed by atoms with Crippen LogP contribution >= 0.6 is 11.3 Å². The molecule has 0 N–H and O–H groups in total. The third-order valence-corrected chi connectivity index (χ3v) is 8.87. The van der Waals surface area contributed by atoms with Crippen LogP contribution in [0.3, 0.4) is 0 Å². The van der Waals surface area contributed by atoms with Crippen LogP contribution in [0.15, 0.2) is 105 Å². The molecule has 0 radical (unpaired) electrons. The fourth-order valence-electron chi connectivity index (χ4n) is 5.79. The lowest BCUT2D eigenvalue weighted by molar-refractivity contribution is -0.138. The highest BCUT2D eigenvalue weighted by molar-refractivity contribution is 7.07. The van der Waals surface area contributed by atoms with Gasteiger partial charge in [-0.05, 0) is 76.6 Å². The molecule has 0 amide bonds. The molecule has 0 saturated carbocycles. The average molecular weight is 707 g/mol. The fourth-order valence-corrected chi connectivity index (χ4v) is 6.77. The van der Waals surface area contributed by atoms with Gasteiger partial charge in [-0.2, -0.15) is 0 Å². The van der Waals surface area contributed by atoms with E-state index in [-0.39, 0.29) is 23.8 Å². The Kier molecular flexibility index (Phi) is 10.7. The molecule has 11 heteroatoms. The number of esters is 2. The molecular weight excluding hydrogens is 669 g/mol. The standard InChI is InChI=1S/C40H38N2O8S/c1-6-46-31-19-17-27(22-32(31)47-7-2)36-34(39(45)48-8-3)35(25-13-10-9-11-14-25)41-40-42(36)37(43)33(51-40)23-29-18-20-30(50-29)26-15-12-16-28(21-26)38(44)49-24(4)5/h9-24,36H,6-8H2,1-5H3/b33-23+/t36-/m0/s1. The van der Waals surface area contributed by atoms with E-state index in [1.807, 2.05) is 56.3 Å². The van der Waals surface area contributed by atoms with E-state index in [0.717, 1.165) is 0 Å². The molecule has 1 aliphatic heterocycles. The molecule has 262 valence electrons. The molecule has 1 atom stereocenters. The third-order valence-electron chi connectivity index (χ3n) is 7.88. The monoisotopic (exact) mass is 706 g/mol. The van der Waals surface area contributed by atoms with Crippen molar-refractivity contribution in [3.05, 3.63) is 133 Å². The number of ether oxygens (including phenoxy) is 4. The van der Waals surface area contributed by atoms with Crippen molar-refractivity contribution in [3.63, 3.8) is 0 Å². The summed E-state index contributed by atoms with van der Waals surface area (Å²) in [5, 5.41) is 0. The quantitative estimate of drug-likeness (QED) is 0.134. The van der Waals surface area contributed by atoms with Gasteiger partial charge in [-0.1, -0.05) is 59.9 Å². The molecule has 10 nitrogen and oxygen atoms in total. The van der Waals surface area contributed by atoms with Crippen LogP contribution < -0.4 is 24.4 Å². The first kappa shape index (κ1) is 35.2. The van der Waals surface area contributed by atoms with Crippen molar-refractivity contribution < 1.29 is 33.0 Å². The van der Waals surface area contributed by atoms with Crippen molar-refractivity contribution in [2.45, 2.75) is 46.8 Å². The molecular formula is C40H38N2O8S. The number of carbonyl (C=O) groups is 2. The minimum atomic E-state index is -0.895. The van der Waals surface area contributed by atoms with Crippen LogP contribution in [0, 0.1) is 0 Å². The van der Waals surface area contributed by atoms with Gasteiger partial charge in [0.15, 0.2) is 16.3 Å². The molecule has 0 fully saturated rings. The van der Waals surface area contributed by atoms with Crippen LogP contribution in [-0.2, 0) is 14.3 Å². The van der Waals surface area contributed by atoms with E-state index in [1.165, 1.54) is 15.9 Å². The molecule has 2 aromatic heterocycles. The summed E-state index contributed by atoms with van der Waals surface area (Å²) in [7, 11) is 0. The van der Waals surface area contributed by atoms with Gasteiger partial charge in [0, 0.05) is 17.2 Å². The first-order valence-electron chi connectivity index (χ1n) is 16.8. The van der Waals surface area contributed by atoms with Crippen molar-refractivity contribution in [2.24, 2.45) is 4.99 Å². The summed E-state index contributed by atoms with van der Waals surface area (Å²) >= 11 is 1.19. The first-order chi connectivity index (χ1) is 24.7. The van der Waals surface area contributed by atoms with Crippen LogP contribution in [0.2, 0.25) is 0 Å². The van der Waals surface area contributed by atoms with Crippen LogP contribution in [-0.4, -0.2) is 42.4 Å². The van der Waals surface area contributed by atoms with Gasteiger partial charge in [0.2, 0.25) is 0 Å². The highest BCUT2D eigenvalue weighted by Gasteiger charge is 2.35. The Hall–Kier alpha value is -5.68. The van der Waals surface area contributed by atoms with E-state index in [1.54, 1.807) is 69.3 Å². The second-order valence-electron chi connectivity index (χ2n) is 11.7. The van der Waals surface area contributed by atoms with Crippen molar-refractivity contribution >= 4 is 35.0 Å². The number of furan rings is 1. The predicted molar refractivity (Wildman–Crippen MR) is 195 cm³/mol. The van der Waals surface area contributed by atoms with E-state index in [4.69, 9.17) is 28.4 Å². The third kappa shape index (κ3) is 7.44. The summed E-state index contributed by atoms with van der Waals surface area (Å²) < 4.78 is 30.7. The number of nitrogens with zero attached hydrogens (tertiary/aromatic N) is 2. The van der Waals surface area contributed by atoms with E-state index >= 15 is 0 Å². The predicted octanol–water partition coefficient (Wildman–Crippen LogP) is 6.56. The molecule has 5 aromatic rings. The highest BCUT2D eigenvalue weighted by Crippen LogP contribution is 2.39. The topological polar surface area (TPSA) is 119 Å². The number of carbonyl (C=O) groups excluding carboxylic acids is 2. The van der Waals surface area contributed by atoms with Crippen molar-refractivity contribution in [1.82, 2.24) is 4.57 Å². The number of fused-ring (bicyclic) bond motifs is 1. The van der Waals surface area contributed by atoms with E-state index in [0.29, 0.717) is 73.5 Å². The van der Waals surface area contributed by atoms with Gasteiger partial charge < -0.3 is 23.4 Å². The van der Waals surface area contributed by atoms with Gasteiger partial charge in [-0.15, -0.1) is 0 Å². The molecule has 0 bridgehead atoms. The first-order valence-corrected chi connectivity index (χ1v) is 17.6. The van der Waals surface area contributed by atoms with Crippen LogP contribution in [0.1, 0.15) is 67.9 Å². The van der Waals surface area contributed by atoms with Crippen LogP contribution in [0.4, 0.5) is 0 Å². The minimum absolute atomic E-state index is 0.137. The van der Waals surface area contributed by atoms with Crippen LogP contribution in [0.25, 0.3) is 23.1 Å². The second kappa shape index (κ2) is 15.5. The number of rotatable bonds is 12. The van der Waals surface area contributed by atoms with Gasteiger partial charge in [-0.25, -0.2) is 14.6 Å². The molecule has 0 saturated heterocycles. The van der Waals surface area contributed by atoms with E-state index in [9.17, 15) is 14.4 Å². The molecule has 1 aliphatic rings. The zero-order valence-corrected chi connectivity index (χ0v) is 29.8. The molecule has 0 unspecified atom stereocenters. The Morgan fingerprint density at radius 2 is 1.61 bits per heavy atom. The van der Waals surface area contributed by atoms with Crippen molar-refractivity contribution in [2.75, 3.05) is 19.8 Å². The zero-order chi connectivity index (χ0) is 36.1. The number of hydrogen-bond acceptors (Lipinski definition) is 10. The average Bonchev–Trinajstić information content (AvgIpc) is 3.72. The fraction of sp³-hybridized carbons (Fsp3) is 0.250. The molecule has 6 rings (SSSR count). The number of aromatic nitrogens is 1. The summed E-state index contributed by atoms with van der Waals surface area (Å²) in [5.74, 6) is 0.977. The van der Waals surface area contributed by atoms with E-state index < -0.39 is 18.0 Å². The molecule has 3 aromatic carbocycles. The number of hydrogen-bond donors (Lipinski definition) is 0. The Morgan fingerprint density at radius 1 is 0.863 bits per heavy atom. The summed E-state index contributed by atoms with van der Waals surface area (Å²) in [6.07, 6.45) is 1.41. The van der Waals surface area contributed by atoms with Gasteiger partial charge in [-0.3, -0.25) is 9.36 Å². The van der Waals surface area contributed by atoms with Crippen LogP contribution in [0.5, 0.6) is 11.5 Å². The Labute approximate surface area is 298 Å². The molecule has 3 heterocycles. The molecule has 0 aliphatic carbocycles. The maximum absolute atomic E-state index is 14.4. The maximum atomic E-state index is 14.4. The molecule has 0 spiro atoms.